The third kappa shape index (κ3) is 3.12. The first kappa shape index (κ1) is 13.6. The van der Waals surface area contributed by atoms with Crippen molar-refractivity contribution in [3.05, 3.63) is 23.8 Å². The van der Waals surface area contributed by atoms with Gasteiger partial charge in [-0.1, -0.05) is 12.5 Å². The van der Waals surface area contributed by atoms with E-state index < -0.39 is 0 Å². The van der Waals surface area contributed by atoms with Gasteiger partial charge in [0.1, 0.15) is 11.5 Å². The highest BCUT2D eigenvalue weighted by atomic mass is 32.2. The lowest BCUT2D eigenvalue weighted by molar-refractivity contribution is 0.405. The van der Waals surface area contributed by atoms with E-state index in [1.165, 1.54) is 19.3 Å². The van der Waals surface area contributed by atoms with Gasteiger partial charge < -0.3 is 15.2 Å². The normalized spacial score (nSPS) is 23.2. The highest BCUT2D eigenvalue weighted by molar-refractivity contribution is 7.99. The number of hydrogen-bond acceptors (Lipinski definition) is 4. The van der Waals surface area contributed by atoms with E-state index in [2.05, 4.69) is 11.6 Å². The van der Waals surface area contributed by atoms with Gasteiger partial charge in [0.2, 0.25) is 0 Å². The summed E-state index contributed by atoms with van der Waals surface area (Å²) < 4.78 is 5.08. The Hall–Kier alpha value is -0.870. The number of hydrogen-bond donors (Lipinski definition) is 2. The molecule has 1 aliphatic rings. The number of rotatable bonds is 5. The summed E-state index contributed by atoms with van der Waals surface area (Å²) in [5, 5.41) is 14.2. The molecule has 2 N–H and O–H groups in total. The van der Waals surface area contributed by atoms with E-state index in [0.29, 0.717) is 22.8 Å². The second-order valence-corrected chi connectivity index (χ2v) is 5.76. The highest BCUT2D eigenvalue weighted by Gasteiger charge is 2.25. The largest absolute Gasteiger partial charge is 0.507 e. The summed E-state index contributed by atoms with van der Waals surface area (Å²) in [6.07, 6.45) is 6.02. The first-order valence-electron chi connectivity index (χ1n) is 6.36. The molecule has 0 bridgehead atoms. The number of ether oxygens (including phenoxy) is 1. The van der Waals surface area contributed by atoms with Gasteiger partial charge in [0, 0.05) is 29.5 Å². The molecule has 18 heavy (non-hydrogen) atoms. The molecule has 0 saturated heterocycles. The van der Waals surface area contributed by atoms with E-state index in [-0.39, 0.29) is 0 Å². The van der Waals surface area contributed by atoms with Crippen molar-refractivity contribution in [1.82, 2.24) is 5.32 Å². The molecular weight excluding hydrogens is 246 g/mol. The minimum Gasteiger partial charge on any atom is -0.507 e. The highest BCUT2D eigenvalue weighted by Crippen LogP contribution is 2.29. The van der Waals surface area contributed by atoms with Crippen LogP contribution in [0.3, 0.4) is 0 Å². The molecule has 1 aromatic carbocycles. The molecule has 0 aromatic heterocycles. The summed E-state index contributed by atoms with van der Waals surface area (Å²) >= 11 is 1.94. The molecule has 0 aliphatic heterocycles. The van der Waals surface area contributed by atoms with Crippen molar-refractivity contribution in [2.75, 3.05) is 13.4 Å². The van der Waals surface area contributed by atoms with Gasteiger partial charge in [-0.2, -0.15) is 11.8 Å². The average Bonchev–Trinajstić information content (AvgIpc) is 2.84. The number of aromatic hydroxyl groups is 1. The van der Waals surface area contributed by atoms with Crippen LogP contribution in [0, 0.1) is 0 Å². The monoisotopic (exact) mass is 267 g/mol. The van der Waals surface area contributed by atoms with Crippen LogP contribution in [0.1, 0.15) is 24.8 Å². The Kier molecular flexibility index (Phi) is 4.78. The Morgan fingerprint density at radius 2 is 2.28 bits per heavy atom. The van der Waals surface area contributed by atoms with Gasteiger partial charge in [-0.3, -0.25) is 0 Å². The predicted molar refractivity (Wildman–Crippen MR) is 76.4 cm³/mol. The molecule has 1 saturated carbocycles. The van der Waals surface area contributed by atoms with Crippen molar-refractivity contribution in [3.63, 3.8) is 0 Å². The number of phenolic OH excluding ortho intramolecular Hbond substituents is 1. The van der Waals surface area contributed by atoms with Gasteiger partial charge in [-0.05, 0) is 25.2 Å². The number of thioether (sulfide) groups is 1. The molecule has 1 aromatic rings. The molecule has 0 heterocycles. The molecule has 2 unspecified atom stereocenters. The SMILES string of the molecule is COc1ccc(CNC2CCCC2SC)c(O)c1. The maximum atomic E-state index is 9.89. The molecule has 2 rings (SSSR count). The van der Waals surface area contributed by atoms with Crippen molar-refractivity contribution in [2.45, 2.75) is 37.1 Å². The van der Waals surface area contributed by atoms with Gasteiger partial charge in [-0.25, -0.2) is 0 Å². The summed E-state index contributed by atoms with van der Waals surface area (Å²) in [4.78, 5) is 0. The maximum absolute atomic E-state index is 9.89. The summed E-state index contributed by atoms with van der Waals surface area (Å²) in [5.41, 5.74) is 0.933. The van der Waals surface area contributed by atoms with E-state index in [0.717, 1.165) is 12.1 Å². The molecule has 0 amide bonds. The molecule has 2 atom stereocenters. The zero-order valence-electron chi connectivity index (χ0n) is 11.0. The van der Waals surface area contributed by atoms with E-state index in [1.807, 2.05) is 23.9 Å². The van der Waals surface area contributed by atoms with Crippen LogP contribution in [0.15, 0.2) is 18.2 Å². The fourth-order valence-corrected chi connectivity index (χ4v) is 3.47. The maximum Gasteiger partial charge on any atom is 0.123 e. The Labute approximate surface area is 113 Å². The molecule has 100 valence electrons. The van der Waals surface area contributed by atoms with Gasteiger partial charge >= 0.3 is 0 Å². The van der Waals surface area contributed by atoms with Crippen molar-refractivity contribution in [3.8, 4) is 11.5 Å². The summed E-state index contributed by atoms with van der Waals surface area (Å²) in [5.74, 6) is 1.000. The first-order valence-corrected chi connectivity index (χ1v) is 7.65. The van der Waals surface area contributed by atoms with Crippen LogP contribution >= 0.6 is 11.8 Å². The van der Waals surface area contributed by atoms with Crippen molar-refractivity contribution < 1.29 is 9.84 Å². The zero-order valence-corrected chi connectivity index (χ0v) is 11.8. The number of nitrogens with one attached hydrogen (secondary N) is 1. The molecule has 1 aliphatic carbocycles. The molecule has 1 fully saturated rings. The van der Waals surface area contributed by atoms with E-state index >= 15 is 0 Å². The van der Waals surface area contributed by atoms with Crippen LogP contribution in [0.4, 0.5) is 0 Å². The Morgan fingerprint density at radius 3 is 2.94 bits per heavy atom. The Morgan fingerprint density at radius 1 is 1.44 bits per heavy atom. The zero-order chi connectivity index (χ0) is 13.0. The van der Waals surface area contributed by atoms with Crippen LogP contribution in [0.25, 0.3) is 0 Å². The fourth-order valence-electron chi connectivity index (χ4n) is 2.50. The average molecular weight is 267 g/mol. The van der Waals surface area contributed by atoms with Crippen LogP contribution in [0.2, 0.25) is 0 Å². The lowest BCUT2D eigenvalue weighted by Crippen LogP contribution is -2.33. The lowest BCUT2D eigenvalue weighted by Gasteiger charge is -2.19. The van der Waals surface area contributed by atoms with E-state index in [4.69, 9.17) is 4.74 Å². The smallest absolute Gasteiger partial charge is 0.123 e. The van der Waals surface area contributed by atoms with E-state index in [1.54, 1.807) is 13.2 Å². The number of benzene rings is 1. The predicted octanol–water partition coefficient (Wildman–Crippen LogP) is 2.77. The van der Waals surface area contributed by atoms with Crippen LogP contribution < -0.4 is 10.1 Å². The van der Waals surface area contributed by atoms with Gasteiger partial charge in [-0.15, -0.1) is 0 Å². The minimum absolute atomic E-state index is 0.306. The molecule has 0 radical (unpaired) electrons. The first-order chi connectivity index (χ1) is 8.74. The van der Waals surface area contributed by atoms with Crippen molar-refractivity contribution in [1.29, 1.82) is 0 Å². The molecule has 0 spiro atoms. The minimum atomic E-state index is 0.306. The molecule has 4 heteroatoms. The summed E-state index contributed by atoms with van der Waals surface area (Å²) in [7, 11) is 1.61. The van der Waals surface area contributed by atoms with Crippen LogP contribution in [0.5, 0.6) is 11.5 Å². The third-order valence-electron chi connectivity index (χ3n) is 3.60. The Balaban J connectivity index is 1.93. The Bertz CT molecular complexity index is 397. The standard InChI is InChI=1S/C14H21NO2S/c1-17-11-7-6-10(13(16)8-11)9-15-12-4-3-5-14(12)18-2/h6-8,12,14-16H,3-5,9H2,1-2H3. The second-order valence-electron chi connectivity index (χ2n) is 4.69. The van der Waals surface area contributed by atoms with Crippen LogP contribution in [-0.4, -0.2) is 29.8 Å². The number of phenols is 1. The van der Waals surface area contributed by atoms with E-state index in [9.17, 15) is 5.11 Å². The van der Waals surface area contributed by atoms with Gasteiger partial charge in [0.05, 0.1) is 7.11 Å². The lowest BCUT2D eigenvalue weighted by atomic mass is 10.1. The van der Waals surface area contributed by atoms with Crippen molar-refractivity contribution in [2.24, 2.45) is 0 Å². The fraction of sp³-hybridized carbons (Fsp3) is 0.571. The molecular formula is C14H21NO2S. The third-order valence-corrected chi connectivity index (χ3v) is 4.77. The van der Waals surface area contributed by atoms with Gasteiger partial charge in [0.15, 0.2) is 0 Å². The van der Waals surface area contributed by atoms with Crippen molar-refractivity contribution >= 4 is 11.8 Å². The summed E-state index contributed by atoms with van der Waals surface area (Å²) in [6, 6.07) is 6.04. The quantitative estimate of drug-likeness (QED) is 0.861. The topological polar surface area (TPSA) is 41.5 Å². The molecule has 3 nitrogen and oxygen atoms in total. The summed E-state index contributed by atoms with van der Waals surface area (Å²) in [6.45, 7) is 0.720. The van der Waals surface area contributed by atoms with Crippen LogP contribution in [-0.2, 0) is 6.54 Å². The van der Waals surface area contributed by atoms with Gasteiger partial charge in [0.25, 0.3) is 0 Å². The number of methoxy groups -OCH3 is 1. The second kappa shape index (κ2) is 6.34.